The van der Waals surface area contributed by atoms with Gasteiger partial charge in [-0.1, -0.05) is 26.7 Å². The van der Waals surface area contributed by atoms with Gasteiger partial charge in [0.2, 0.25) is 0 Å². The molecule has 0 unspecified atom stereocenters. The van der Waals surface area contributed by atoms with Crippen LogP contribution in [0.3, 0.4) is 0 Å². The van der Waals surface area contributed by atoms with Gasteiger partial charge in [0.1, 0.15) is 0 Å². The third-order valence-corrected chi connectivity index (χ3v) is 8.21. The van der Waals surface area contributed by atoms with Crippen molar-refractivity contribution < 1.29 is 44.6 Å². The molecule has 1 N–H and O–H groups in total. The molecule has 0 aliphatic carbocycles. The molecule has 0 spiro atoms. The summed E-state index contributed by atoms with van der Waals surface area (Å²) < 4.78 is 74.8. The summed E-state index contributed by atoms with van der Waals surface area (Å²) in [4.78, 5) is 23.8. The van der Waals surface area contributed by atoms with Crippen LogP contribution >= 0.6 is 0 Å². The van der Waals surface area contributed by atoms with E-state index in [0.717, 1.165) is 37.1 Å². The van der Waals surface area contributed by atoms with Crippen molar-refractivity contribution in [2.24, 2.45) is 0 Å². The normalized spacial score (nSPS) is 11.7. The number of ether oxygens (including phenoxy) is 2. The van der Waals surface area contributed by atoms with E-state index >= 15 is 0 Å². The summed E-state index contributed by atoms with van der Waals surface area (Å²) in [6.07, 6.45) is 2.71. The Morgan fingerprint density at radius 3 is 1.86 bits per heavy atom. The third-order valence-electron chi connectivity index (χ3n) is 4.76. The number of carbonyl (C=O) groups excluding carboxylic acids is 2. The molecular weight excluding hydrogens is 511 g/mol. The molecule has 0 saturated heterocycles. The predicted molar refractivity (Wildman–Crippen MR) is 126 cm³/mol. The molecular formula is C22H25NaO10S2. The number of hydrogen-bond acceptors (Lipinski definition) is 9. The number of rotatable bonds is 12. The van der Waals surface area contributed by atoms with E-state index in [1.54, 1.807) is 0 Å². The topological polar surface area (TPSA) is 150 Å². The molecule has 35 heavy (non-hydrogen) atoms. The van der Waals surface area contributed by atoms with Crippen molar-refractivity contribution in [3.05, 3.63) is 47.5 Å². The van der Waals surface area contributed by atoms with Crippen molar-refractivity contribution in [3.63, 3.8) is 0 Å². The Kier molecular flexibility index (Phi) is 10.7. The SMILES string of the molecule is CCCCOC(=O)c1cc(C(=O)OCCCC)cc(S(=O)(=O)Oc2ccc[c]([Na])c2S(=O)(=O)O)c1. The molecule has 0 aliphatic rings. The molecule has 2 aromatic rings. The quantitative estimate of drug-likeness (QED) is 0.141. The molecule has 0 aliphatic heterocycles. The number of unbranched alkanes of at least 4 members (excludes halogenated alkanes) is 2. The predicted octanol–water partition coefficient (Wildman–Crippen LogP) is 2.41. The number of hydrogen-bond donors (Lipinski definition) is 1. The molecule has 0 aromatic heterocycles. The monoisotopic (exact) mass is 536 g/mol. The molecule has 0 heterocycles. The Balaban J connectivity index is 2.53. The van der Waals surface area contributed by atoms with E-state index in [-0.39, 0.29) is 55.1 Å². The number of esters is 2. The van der Waals surface area contributed by atoms with Crippen LogP contribution in [-0.4, -0.2) is 74.5 Å². The zero-order valence-corrected chi connectivity index (χ0v) is 23.3. The fraction of sp³-hybridized carbons (Fsp3) is 0.364. The number of benzene rings is 2. The van der Waals surface area contributed by atoms with E-state index in [9.17, 15) is 31.0 Å². The van der Waals surface area contributed by atoms with E-state index < -0.39 is 47.7 Å². The van der Waals surface area contributed by atoms with Gasteiger partial charge in [-0.05, 0) is 0 Å². The van der Waals surface area contributed by atoms with Crippen LogP contribution in [0.2, 0.25) is 0 Å². The first kappa shape index (κ1) is 29.3. The molecule has 10 nitrogen and oxygen atoms in total. The van der Waals surface area contributed by atoms with E-state index in [0.29, 0.717) is 12.8 Å². The molecule has 0 fully saturated rings. The van der Waals surface area contributed by atoms with Crippen LogP contribution in [0.15, 0.2) is 46.2 Å². The van der Waals surface area contributed by atoms with Gasteiger partial charge in [-0.25, -0.2) is 0 Å². The molecule has 0 amide bonds. The Bertz CT molecular complexity index is 1250. The summed E-state index contributed by atoms with van der Waals surface area (Å²) >= 11 is 0.174. The van der Waals surface area contributed by atoms with Crippen LogP contribution in [0.25, 0.3) is 0 Å². The summed E-state index contributed by atoms with van der Waals surface area (Å²) in [7, 11) is -9.54. The molecule has 2 aromatic carbocycles. The first-order chi connectivity index (χ1) is 16.4. The van der Waals surface area contributed by atoms with Gasteiger partial charge in [-0.2, -0.15) is 0 Å². The van der Waals surface area contributed by atoms with Crippen molar-refractivity contribution in [2.45, 2.75) is 49.3 Å². The Morgan fingerprint density at radius 2 is 1.40 bits per heavy atom. The summed E-state index contributed by atoms with van der Waals surface area (Å²) in [5.74, 6) is -2.31. The first-order valence-corrected chi connectivity index (χ1v) is 14.8. The van der Waals surface area contributed by atoms with Crippen LogP contribution < -0.4 is 7.00 Å². The molecule has 0 atom stereocenters. The van der Waals surface area contributed by atoms with Crippen LogP contribution in [0.1, 0.15) is 60.2 Å². The Morgan fingerprint density at radius 1 is 0.886 bits per heavy atom. The molecule has 0 saturated carbocycles. The van der Waals surface area contributed by atoms with Crippen LogP contribution in [0, 0.1) is 0 Å². The van der Waals surface area contributed by atoms with E-state index in [2.05, 4.69) is 0 Å². The van der Waals surface area contributed by atoms with Gasteiger partial charge < -0.3 is 0 Å². The van der Waals surface area contributed by atoms with Crippen LogP contribution in [0.4, 0.5) is 0 Å². The molecule has 186 valence electrons. The van der Waals surface area contributed by atoms with E-state index in [1.165, 1.54) is 12.1 Å². The van der Waals surface area contributed by atoms with Gasteiger partial charge in [0, 0.05) is 0 Å². The Hall–Kier alpha value is -1.96. The summed E-state index contributed by atoms with van der Waals surface area (Å²) in [6, 6.07) is 6.94. The standard InChI is InChI=1S/C22H25O10S2.Na/c1-3-5-11-30-21(23)16-13-17(22(24)31-12-6-4-2)15-18(14-16)34(28,29)32-19-9-7-8-10-20(19)33(25,26)27;/h7-9,13-15H,3-6,11-12H2,1-2H3,(H,25,26,27);. The van der Waals surface area contributed by atoms with E-state index in [4.69, 9.17) is 13.7 Å². The first-order valence-electron chi connectivity index (χ1n) is 10.9. The fourth-order valence-electron chi connectivity index (χ4n) is 2.95. The van der Waals surface area contributed by atoms with Gasteiger partial charge in [0.05, 0.1) is 0 Å². The second-order valence-electron chi connectivity index (χ2n) is 7.64. The van der Waals surface area contributed by atoms with Crippen molar-refractivity contribution in [2.75, 3.05) is 13.2 Å². The molecule has 2 rings (SSSR count). The molecule has 0 radical (unpaired) electrons. The van der Waals surface area contributed by atoms with Gasteiger partial charge >= 0.3 is 197 Å². The van der Waals surface area contributed by atoms with Crippen molar-refractivity contribution in [1.82, 2.24) is 0 Å². The van der Waals surface area contributed by atoms with Crippen molar-refractivity contribution in [1.29, 1.82) is 0 Å². The van der Waals surface area contributed by atoms with Gasteiger partial charge in [-0.3, -0.25) is 0 Å². The Labute approximate surface area is 222 Å². The number of carbonyl (C=O) groups is 2. The average molecular weight is 537 g/mol. The van der Waals surface area contributed by atoms with Gasteiger partial charge in [-0.15, -0.1) is 0 Å². The minimum absolute atomic E-state index is 0.101. The van der Waals surface area contributed by atoms with Crippen molar-refractivity contribution in [3.8, 4) is 5.75 Å². The van der Waals surface area contributed by atoms with Gasteiger partial charge in [0.15, 0.2) is 0 Å². The zero-order chi connectivity index (χ0) is 26.2. The van der Waals surface area contributed by atoms with Gasteiger partial charge in [0.25, 0.3) is 0 Å². The summed E-state index contributed by atoms with van der Waals surface area (Å²) in [5.41, 5.74) is -0.445. The molecule has 0 bridgehead atoms. The maximum atomic E-state index is 13.1. The van der Waals surface area contributed by atoms with Crippen LogP contribution in [-0.2, 0) is 29.7 Å². The third kappa shape index (κ3) is 8.29. The summed E-state index contributed by atoms with van der Waals surface area (Å²) in [6.45, 7) is 4.00. The fourth-order valence-corrected chi connectivity index (χ4v) is 6.07. The van der Waals surface area contributed by atoms with Crippen LogP contribution in [0.5, 0.6) is 5.75 Å². The summed E-state index contributed by atoms with van der Waals surface area (Å²) in [5, 5.41) is 0. The second-order valence-corrected chi connectivity index (χ2v) is 11.6. The zero-order valence-electron chi connectivity index (χ0n) is 19.6. The second kappa shape index (κ2) is 12.8. The average Bonchev–Trinajstić information content (AvgIpc) is 2.77. The molecule has 13 heteroatoms. The minimum atomic E-state index is -4.79. The van der Waals surface area contributed by atoms with E-state index in [1.807, 2.05) is 13.8 Å². The van der Waals surface area contributed by atoms with Crippen molar-refractivity contribution >= 4 is 62.9 Å². The maximum absolute atomic E-state index is 13.1.